The predicted octanol–water partition coefficient (Wildman–Crippen LogP) is 3.93. The summed E-state index contributed by atoms with van der Waals surface area (Å²) in [6.45, 7) is 10.9. The van der Waals surface area contributed by atoms with Crippen molar-refractivity contribution in [3.63, 3.8) is 0 Å². The molecule has 0 saturated heterocycles. The second-order valence-electron chi connectivity index (χ2n) is 7.03. The van der Waals surface area contributed by atoms with Gasteiger partial charge in [-0.15, -0.1) is 0 Å². The molecule has 0 saturated carbocycles. The summed E-state index contributed by atoms with van der Waals surface area (Å²) < 4.78 is 0. The first kappa shape index (κ1) is 18.6. The third-order valence-electron chi connectivity index (χ3n) is 4.63. The fourth-order valence-corrected chi connectivity index (χ4v) is 2.79. The highest BCUT2D eigenvalue weighted by molar-refractivity contribution is 5.87. The summed E-state index contributed by atoms with van der Waals surface area (Å²) >= 11 is 0. The largest absolute Gasteiger partial charge is 0.330 e. The number of hydrogen-bond acceptors (Lipinski definition) is 6. The highest BCUT2D eigenvalue weighted by Gasteiger charge is 2.18. The van der Waals surface area contributed by atoms with E-state index >= 15 is 0 Å². The van der Waals surface area contributed by atoms with Gasteiger partial charge in [0.25, 0.3) is 0 Å². The molecule has 0 spiro atoms. The van der Waals surface area contributed by atoms with Gasteiger partial charge in [0.05, 0.1) is 18.2 Å². The Hall–Kier alpha value is -3.20. The smallest absolute Gasteiger partial charge is 0.163 e. The highest BCUT2D eigenvalue weighted by atomic mass is 15.2. The first-order valence-corrected chi connectivity index (χ1v) is 9.03. The number of benzene rings is 1. The number of aromatic nitrogens is 2. The van der Waals surface area contributed by atoms with Crippen molar-refractivity contribution in [2.24, 2.45) is 10.9 Å². The van der Waals surface area contributed by atoms with E-state index in [0.717, 1.165) is 39.9 Å². The van der Waals surface area contributed by atoms with Gasteiger partial charge in [0.15, 0.2) is 5.82 Å². The Morgan fingerprint density at radius 1 is 1.15 bits per heavy atom. The van der Waals surface area contributed by atoms with Gasteiger partial charge in [-0.25, -0.2) is 9.97 Å². The summed E-state index contributed by atoms with van der Waals surface area (Å²) in [7, 11) is 0. The Bertz CT molecular complexity index is 979. The summed E-state index contributed by atoms with van der Waals surface area (Å²) in [6, 6.07) is 9.60. The second kappa shape index (κ2) is 7.58. The molecule has 1 aliphatic rings. The van der Waals surface area contributed by atoms with Crippen LogP contribution in [0.25, 0.3) is 11.4 Å². The molecule has 1 aromatic carbocycles. The van der Waals surface area contributed by atoms with Crippen LogP contribution in [0.2, 0.25) is 0 Å². The van der Waals surface area contributed by atoms with Gasteiger partial charge in [0.1, 0.15) is 17.5 Å². The standard InChI is InChI=1S/C21H24N6/c1-12(2)18-23-11-13(3)19(25-18)26-20-14(4)15(5)24-21(27-20)17-9-7-6-8-16(17)10-22/h6-9,12H,11H2,1-5H3,(H,23,25)(H,24,26,27). The summed E-state index contributed by atoms with van der Waals surface area (Å²) in [6.07, 6.45) is 0. The molecule has 2 N–H and O–H groups in total. The Kier molecular flexibility index (Phi) is 5.22. The molecule has 0 amide bonds. The average Bonchev–Trinajstić information content (AvgIpc) is 2.66. The van der Waals surface area contributed by atoms with Crippen molar-refractivity contribution in [2.45, 2.75) is 34.6 Å². The zero-order chi connectivity index (χ0) is 19.6. The van der Waals surface area contributed by atoms with Crippen LogP contribution in [0.4, 0.5) is 5.82 Å². The number of hydrogen-bond donors (Lipinski definition) is 2. The maximum Gasteiger partial charge on any atom is 0.163 e. The molecule has 2 aromatic rings. The van der Waals surface area contributed by atoms with E-state index in [1.54, 1.807) is 6.07 Å². The predicted molar refractivity (Wildman–Crippen MR) is 108 cm³/mol. The molecule has 6 nitrogen and oxygen atoms in total. The van der Waals surface area contributed by atoms with Crippen molar-refractivity contribution in [1.82, 2.24) is 15.3 Å². The van der Waals surface area contributed by atoms with E-state index in [-0.39, 0.29) is 0 Å². The Labute approximate surface area is 160 Å². The van der Waals surface area contributed by atoms with Gasteiger partial charge < -0.3 is 10.6 Å². The molecule has 138 valence electrons. The lowest BCUT2D eigenvalue weighted by atomic mass is 10.1. The Morgan fingerprint density at radius 2 is 1.89 bits per heavy atom. The van der Waals surface area contributed by atoms with E-state index in [1.165, 1.54) is 0 Å². The minimum atomic E-state index is 0.321. The molecule has 2 heterocycles. The summed E-state index contributed by atoms with van der Waals surface area (Å²) in [5, 5.41) is 16.2. The normalized spacial score (nSPS) is 13.9. The topological polar surface area (TPSA) is 86.0 Å². The van der Waals surface area contributed by atoms with Crippen LogP contribution in [0.5, 0.6) is 0 Å². The number of anilines is 1. The summed E-state index contributed by atoms with van der Waals surface area (Å²) in [5.74, 6) is 3.47. The van der Waals surface area contributed by atoms with Crippen molar-refractivity contribution in [3.05, 3.63) is 52.5 Å². The molecule has 1 aliphatic heterocycles. The lowest BCUT2D eigenvalue weighted by Gasteiger charge is -2.24. The number of nitrogens with one attached hydrogen (secondary N) is 2. The van der Waals surface area contributed by atoms with E-state index in [1.807, 2.05) is 39.0 Å². The fraction of sp³-hybridized carbons (Fsp3) is 0.333. The maximum atomic E-state index is 9.40. The SMILES string of the molecule is CC1=C(Nc2nc(-c3ccccc3C#N)nc(C)c2C)NC(C(C)C)=NC1. The van der Waals surface area contributed by atoms with Crippen molar-refractivity contribution >= 4 is 11.7 Å². The molecule has 3 rings (SSSR count). The van der Waals surface area contributed by atoms with Crippen LogP contribution in [0.15, 0.2) is 40.7 Å². The van der Waals surface area contributed by atoms with E-state index in [0.29, 0.717) is 23.9 Å². The number of rotatable bonds is 4. The lowest BCUT2D eigenvalue weighted by molar-refractivity contribution is 0.802. The number of nitrogens with zero attached hydrogens (tertiary/aromatic N) is 4. The average molecular weight is 360 g/mol. The lowest BCUT2D eigenvalue weighted by Crippen LogP contribution is -2.35. The molecule has 6 heteroatoms. The minimum Gasteiger partial charge on any atom is -0.330 e. The van der Waals surface area contributed by atoms with Gasteiger partial charge in [-0.3, -0.25) is 4.99 Å². The Morgan fingerprint density at radius 3 is 2.59 bits per heavy atom. The fourth-order valence-electron chi connectivity index (χ4n) is 2.79. The number of nitriles is 1. The van der Waals surface area contributed by atoms with Gasteiger partial charge in [-0.05, 0) is 38.5 Å². The molecule has 0 unspecified atom stereocenters. The molecule has 0 fully saturated rings. The van der Waals surface area contributed by atoms with Crippen LogP contribution in [-0.2, 0) is 0 Å². The van der Waals surface area contributed by atoms with Crippen LogP contribution in [0.1, 0.15) is 37.6 Å². The van der Waals surface area contributed by atoms with Gasteiger partial charge in [-0.1, -0.05) is 26.0 Å². The van der Waals surface area contributed by atoms with Gasteiger partial charge in [0, 0.05) is 22.7 Å². The maximum absolute atomic E-state index is 9.40. The van der Waals surface area contributed by atoms with E-state index in [2.05, 4.69) is 40.5 Å². The number of aryl methyl sites for hydroxylation is 1. The molecule has 1 aromatic heterocycles. The minimum absolute atomic E-state index is 0.321. The van der Waals surface area contributed by atoms with Gasteiger partial charge in [-0.2, -0.15) is 5.26 Å². The third kappa shape index (κ3) is 3.82. The van der Waals surface area contributed by atoms with E-state index < -0.39 is 0 Å². The van der Waals surface area contributed by atoms with Crippen LogP contribution in [0.3, 0.4) is 0 Å². The summed E-state index contributed by atoms with van der Waals surface area (Å²) in [5.41, 5.74) is 4.27. The summed E-state index contributed by atoms with van der Waals surface area (Å²) in [4.78, 5) is 13.9. The molecule has 0 atom stereocenters. The zero-order valence-electron chi connectivity index (χ0n) is 16.4. The monoisotopic (exact) mass is 360 g/mol. The quantitative estimate of drug-likeness (QED) is 0.863. The van der Waals surface area contributed by atoms with Crippen molar-refractivity contribution in [3.8, 4) is 17.5 Å². The molecular formula is C21H24N6. The molecule has 0 aliphatic carbocycles. The molecule has 0 radical (unpaired) electrons. The molecular weight excluding hydrogens is 336 g/mol. The van der Waals surface area contributed by atoms with Crippen LogP contribution < -0.4 is 10.6 Å². The Balaban J connectivity index is 2.00. The highest BCUT2D eigenvalue weighted by Crippen LogP contribution is 2.25. The van der Waals surface area contributed by atoms with E-state index in [9.17, 15) is 5.26 Å². The van der Waals surface area contributed by atoms with Crippen molar-refractivity contribution in [2.75, 3.05) is 11.9 Å². The van der Waals surface area contributed by atoms with E-state index in [4.69, 9.17) is 4.98 Å². The molecule has 27 heavy (non-hydrogen) atoms. The van der Waals surface area contributed by atoms with Crippen molar-refractivity contribution < 1.29 is 0 Å². The number of amidine groups is 1. The van der Waals surface area contributed by atoms with Crippen LogP contribution >= 0.6 is 0 Å². The van der Waals surface area contributed by atoms with Gasteiger partial charge in [0.2, 0.25) is 0 Å². The van der Waals surface area contributed by atoms with Gasteiger partial charge >= 0.3 is 0 Å². The molecule has 0 bridgehead atoms. The van der Waals surface area contributed by atoms with Crippen LogP contribution in [-0.4, -0.2) is 22.3 Å². The third-order valence-corrected chi connectivity index (χ3v) is 4.63. The van der Waals surface area contributed by atoms with Crippen molar-refractivity contribution in [1.29, 1.82) is 5.26 Å². The number of aliphatic imine (C=N–C) groups is 1. The van der Waals surface area contributed by atoms with Crippen LogP contribution in [0, 0.1) is 31.1 Å². The zero-order valence-corrected chi connectivity index (χ0v) is 16.4. The first-order valence-electron chi connectivity index (χ1n) is 9.03. The first-order chi connectivity index (χ1) is 12.9. The second-order valence-corrected chi connectivity index (χ2v) is 7.03.